The standard InChI is InChI=1S/C25H34Cl2O4S/c1-6-8-13-30-21-11-9-19(10-12-21)25(4,5)20-14-22(26)24(23(27)15-20)31-16-18(3)17-32(28,29)7-2/h9-12,14-15,18H,6-8,13,16-17H2,1-5H3/t18-/m0/s1. The average molecular weight is 502 g/mol. The highest BCUT2D eigenvalue weighted by atomic mass is 35.5. The van der Waals surface area contributed by atoms with E-state index < -0.39 is 9.84 Å². The van der Waals surface area contributed by atoms with Crippen molar-refractivity contribution in [3.05, 3.63) is 57.6 Å². The zero-order valence-electron chi connectivity index (χ0n) is 19.6. The lowest BCUT2D eigenvalue weighted by Gasteiger charge is -2.27. The molecule has 0 saturated heterocycles. The molecule has 0 amide bonds. The van der Waals surface area contributed by atoms with E-state index in [-0.39, 0.29) is 29.4 Å². The SMILES string of the molecule is CCCCOc1ccc(C(C)(C)c2cc(Cl)c(OC[C@H](C)CS(=O)(=O)CC)c(Cl)c2)cc1. The van der Waals surface area contributed by atoms with Crippen LogP contribution in [0.1, 0.15) is 58.6 Å². The minimum atomic E-state index is -3.06. The first-order valence-electron chi connectivity index (χ1n) is 11.1. The molecule has 32 heavy (non-hydrogen) atoms. The fraction of sp³-hybridized carbons (Fsp3) is 0.520. The van der Waals surface area contributed by atoms with Gasteiger partial charge in [0.2, 0.25) is 0 Å². The Balaban J connectivity index is 2.15. The molecule has 0 radical (unpaired) electrons. The van der Waals surface area contributed by atoms with E-state index in [9.17, 15) is 8.42 Å². The fourth-order valence-corrected chi connectivity index (χ4v) is 5.15. The second-order valence-corrected chi connectivity index (χ2v) is 11.9. The van der Waals surface area contributed by atoms with Crippen LogP contribution in [0.25, 0.3) is 0 Å². The van der Waals surface area contributed by atoms with Gasteiger partial charge >= 0.3 is 0 Å². The first-order valence-corrected chi connectivity index (χ1v) is 13.6. The van der Waals surface area contributed by atoms with E-state index in [1.54, 1.807) is 6.92 Å². The number of unbranched alkanes of at least 4 members (excludes halogenated alkanes) is 1. The van der Waals surface area contributed by atoms with Crippen molar-refractivity contribution in [2.24, 2.45) is 5.92 Å². The molecule has 7 heteroatoms. The average Bonchev–Trinajstić information content (AvgIpc) is 2.73. The van der Waals surface area contributed by atoms with Crippen LogP contribution < -0.4 is 9.47 Å². The summed E-state index contributed by atoms with van der Waals surface area (Å²) in [4.78, 5) is 0. The van der Waals surface area contributed by atoms with Crippen LogP contribution in [-0.4, -0.2) is 33.1 Å². The highest BCUT2D eigenvalue weighted by Gasteiger charge is 2.26. The topological polar surface area (TPSA) is 52.6 Å². The first-order chi connectivity index (χ1) is 15.0. The molecule has 0 bridgehead atoms. The normalized spacial score (nSPS) is 13.1. The molecule has 0 N–H and O–H groups in total. The van der Waals surface area contributed by atoms with Gasteiger partial charge in [-0.05, 0) is 41.8 Å². The quantitative estimate of drug-likeness (QED) is 0.296. The van der Waals surface area contributed by atoms with Gasteiger partial charge in [-0.1, -0.05) is 76.4 Å². The van der Waals surface area contributed by atoms with Crippen LogP contribution >= 0.6 is 23.2 Å². The number of sulfone groups is 1. The Morgan fingerprint density at radius 2 is 1.56 bits per heavy atom. The molecule has 0 aliphatic carbocycles. The van der Waals surface area contributed by atoms with Gasteiger partial charge in [0.1, 0.15) is 15.6 Å². The van der Waals surface area contributed by atoms with Crippen LogP contribution in [0.3, 0.4) is 0 Å². The summed E-state index contributed by atoms with van der Waals surface area (Å²) in [5.41, 5.74) is 1.73. The number of rotatable bonds is 12. The monoisotopic (exact) mass is 500 g/mol. The maximum atomic E-state index is 11.8. The van der Waals surface area contributed by atoms with Crippen LogP contribution in [0.4, 0.5) is 0 Å². The Labute approximate surface area is 203 Å². The molecule has 0 saturated carbocycles. The van der Waals surface area contributed by atoms with E-state index in [1.165, 1.54) is 0 Å². The summed E-state index contributed by atoms with van der Waals surface area (Å²) in [5, 5.41) is 0.816. The maximum Gasteiger partial charge on any atom is 0.156 e. The van der Waals surface area contributed by atoms with Crippen molar-refractivity contribution in [3.8, 4) is 11.5 Å². The lowest BCUT2D eigenvalue weighted by Crippen LogP contribution is -2.21. The number of benzene rings is 2. The summed E-state index contributed by atoms with van der Waals surface area (Å²) in [6.07, 6.45) is 2.13. The molecule has 0 aliphatic heterocycles. The Morgan fingerprint density at radius 3 is 2.09 bits per heavy atom. The van der Waals surface area contributed by atoms with Gasteiger partial charge in [-0.3, -0.25) is 0 Å². The third kappa shape index (κ3) is 7.29. The molecule has 1 atom stereocenters. The molecule has 0 spiro atoms. The van der Waals surface area contributed by atoms with E-state index in [4.69, 9.17) is 32.7 Å². The highest BCUT2D eigenvalue weighted by molar-refractivity contribution is 7.91. The summed E-state index contributed by atoms with van der Waals surface area (Å²) >= 11 is 13.0. The van der Waals surface area contributed by atoms with Crippen molar-refractivity contribution in [3.63, 3.8) is 0 Å². The van der Waals surface area contributed by atoms with Gasteiger partial charge in [0, 0.05) is 17.1 Å². The second kappa shape index (κ2) is 11.6. The molecule has 178 valence electrons. The molecular weight excluding hydrogens is 467 g/mol. The van der Waals surface area contributed by atoms with Crippen molar-refractivity contribution >= 4 is 33.0 Å². The summed E-state index contributed by atoms with van der Waals surface area (Å²) in [5.74, 6) is 1.27. The molecule has 2 rings (SSSR count). The van der Waals surface area contributed by atoms with Crippen LogP contribution in [-0.2, 0) is 15.3 Å². The molecule has 0 aromatic heterocycles. The van der Waals surface area contributed by atoms with Gasteiger partial charge in [-0.15, -0.1) is 0 Å². The largest absolute Gasteiger partial charge is 0.494 e. The van der Waals surface area contributed by atoms with E-state index in [2.05, 4.69) is 32.9 Å². The maximum absolute atomic E-state index is 11.8. The summed E-state index contributed by atoms with van der Waals surface area (Å²) < 4.78 is 35.2. The Bertz CT molecular complexity index is 962. The zero-order valence-corrected chi connectivity index (χ0v) is 21.9. The minimum Gasteiger partial charge on any atom is -0.494 e. The number of halogens is 2. The van der Waals surface area contributed by atoms with E-state index in [0.717, 1.165) is 36.3 Å². The third-order valence-corrected chi connectivity index (χ3v) is 8.07. The van der Waals surface area contributed by atoms with Gasteiger partial charge in [0.05, 0.1) is 29.0 Å². The Morgan fingerprint density at radius 1 is 0.969 bits per heavy atom. The molecular formula is C25H34Cl2O4S. The van der Waals surface area contributed by atoms with Gasteiger partial charge in [0.25, 0.3) is 0 Å². The van der Waals surface area contributed by atoms with Crippen molar-refractivity contribution < 1.29 is 17.9 Å². The van der Waals surface area contributed by atoms with Crippen LogP contribution in [0.5, 0.6) is 11.5 Å². The van der Waals surface area contributed by atoms with Gasteiger partial charge < -0.3 is 9.47 Å². The molecule has 0 heterocycles. The number of ether oxygens (including phenoxy) is 2. The number of hydrogen-bond donors (Lipinski definition) is 0. The molecule has 2 aromatic rings. The molecule has 0 aliphatic rings. The van der Waals surface area contributed by atoms with Gasteiger partial charge in [-0.25, -0.2) is 8.42 Å². The van der Waals surface area contributed by atoms with E-state index in [1.807, 2.05) is 31.2 Å². The van der Waals surface area contributed by atoms with Gasteiger partial charge in [-0.2, -0.15) is 0 Å². The summed E-state index contributed by atoms with van der Waals surface area (Å²) in [6, 6.07) is 11.8. The first kappa shape index (κ1) is 26.8. The van der Waals surface area contributed by atoms with Crippen molar-refractivity contribution in [1.82, 2.24) is 0 Å². The summed E-state index contributed by atoms with van der Waals surface area (Å²) in [6.45, 7) is 10.8. The lowest BCUT2D eigenvalue weighted by molar-refractivity contribution is 0.272. The van der Waals surface area contributed by atoms with Crippen LogP contribution in [0.2, 0.25) is 10.0 Å². The second-order valence-electron chi connectivity index (χ2n) is 8.74. The zero-order chi connectivity index (χ0) is 23.9. The van der Waals surface area contributed by atoms with Crippen LogP contribution in [0.15, 0.2) is 36.4 Å². The molecule has 0 fully saturated rings. The predicted molar refractivity (Wildman–Crippen MR) is 134 cm³/mol. The minimum absolute atomic E-state index is 0.0714. The van der Waals surface area contributed by atoms with Crippen molar-refractivity contribution in [2.45, 2.75) is 52.9 Å². The molecule has 0 unspecified atom stereocenters. The predicted octanol–water partition coefficient (Wildman–Crippen LogP) is 6.95. The van der Waals surface area contributed by atoms with Crippen molar-refractivity contribution in [1.29, 1.82) is 0 Å². The Kier molecular flexibility index (Phi) is 9.74. The van der Waals surface area contributed by atoms with E-state index in [0.29, 0.717) is 15.8 Å². The lowest BCUT2D eigenvalue weighted by atomic mass is 9.78. The highest BCUT2D eigenvalue weighted by Crippen LogP contribution is 2.40. The van der Waals surface area contributed by atoms with Crippen LogP contribution in [0, 0.1) is 5.92 Å². The number of hydrogen-bond acceptors (Lipinski definition) is 4. The third-order valence-electron chi connectivity index (χ3n) is 5.55. The fourth-order valence-electron chi connectivity index (χ4n) is 3.35. The van der Waals surface area contributed by atoms with E-state index >= 15 is 0 Å². The van der Waals surface area contributed by atoms with Crippen molar-refractivity contribution in [2.75, 3.05) is 24.7 Å². The summed E-state index contributed by atoms with van der Waals surface area (Å²) in [7, 11) is -3.06. The van der Waals surface area contributed by atoms with Gasteiger partial charge in [0.15, 0.2) is 5.75 Å². The molecule has 4 nitrogen and oxygen atoms in total. The Hall–Kier alpha value is -1.43. The molecule has 2 aromatic carbocycles. The smallest absolute Gasteiger partial charge is 0.156 e.